The van der Waals surface area contributed by atoms with E-state index in [9.17, 15) is 4.79 Å². The molecule has 66 valence electrons. The summed E-state index contributed by atoms with van der Waals surface area (Å²) in [5, 5.41) is 0.985. The predicted molar refractivity (Wildman–Crippen MR) is 51.7 cm³/mol. The molecule has 0 aliphatic rings. The maximum absolute atomic E-state index is 10.9. The zero-order valence-corrected chi connectivity index (χ0v) is 7.37. The molecule has 0 aliphatic carbocycles. The molecule has 0 radical (unpaired) electrons. The molecule has 0 unspecified atom stereocenters. The number of aromatic nitrogens is 2. The second-order valence-corrected chi connectivity index (χ2v) is 2.96. The van der Waals surface area contributed by atoms with Crippen LogP contribution in [0.1, 0.15) is 12.5 Å². The van der Waals surface area contributed by atoms with E-state index in [0.29, 0.717) is 0 Å². The van der Waals surface area contributed by atoms with E-state index >= 15 is 0 Å². The smallest absolute Gasteiger partial charge is 0.305 e. The first-order valence-corrected chi connectivity index (χ1v) is 4.27. The van der Waals surface area contributed by atoms with Crippen LogP contribution in [0.2, 0.25) is 0 Å². The second-order valence-electron chi connectivity index (χ2n) is 2.96. The molecule has 1 aromatic carbocycles. The fraction of sp³-hybridized carbons (Fsp3) is 0.200. The molecule has 0 atom stereocenters. The Labute approximate surface area is 75.4 Å². The van der Waals surface area contributed by atoms with Crippen molar-refractivity contribution in [3.05, 3.63) is 40.4 Å². The van der Waals surface area contributed by atoms with E-state index in [-0.39, 0.29) is 5.69 Å². The fourth-order valence-corrected chi connectivity index (χ4v) is 1.33. The Morgan fingerprint density at radius 3 is 3.08 bits per heavy atom. The summed E-state index contributed by atoms with van der Waals surface area (Å²) in [6.45, 7) is 2.10. The molecule has 0 fully saturated rings. The Bertz CT molecular complexity index is 487. The van der Waals surface area contributed by atoms with E-state index in [0.717, 1.165) is 17.3 Å². The maximum atomic E-state index is 10.9. The zero-order chi connectivity index (χ0) is 9.26. The minimum atomic E-state index is -0.295. The first-order valence-electron chi connectivity index (χ1n) is 4.27. The number of nitrogens with one attached hydrogen (secondary N) is 1. The molecule has 0 saturated heterocycles. The van der Waals surface area contributed by atoms with Gasteiger partial charge in [0, 0.05) is 11.6 Å². The van der Waals surface area contributed by atoms with Gasteiger partial charge in [0.25, 0.3) is 0 Å². The molecule has 0 spiro atoms. The number of fused-ring (bicyclic) bond motifs is 1. The van der Waals surface area contributed by atoms with Gasteiger partial charge in [-0.3, -0.25) is 0 Å². The van der Waals surface area contributed by atoms with Gasteiger partial charge in [-0.05, 0) is 24.1 Å². The minimum Gasteiger partial charge on any atom is -0.305 e. The molecule has 3 heteroatoms. The number of aromatic amines is 1. The lowest BCUT2D eigenvalue weighted by Gasteiger charge is -1.99. The highest BCUT2D eigenvalue weighted by molar-refractivity contribution is 5.77. The van der Waals surface area contributed by atoms with Gasteiger partial charge in [-0.2, -0.15) is 0 Å². The van der Waals surface area contributed by atoms with E-state index in [2.05, 4.69) is 16.9 Å². The summed E-state index contributed by atoms with van der Waals surface area (Å²) < 4.78 is 0. The molecule has 1 heterocycles. The van der Waals surface area contributed by atoms with Crippen molar-refractivity contribution in [1.29, 1.82) is 0 Å². The highest BCUT2D eigenvalue weighted by Gasteiger charge is 1.95. The number of aryl methyl sites for hydroxylation is 1. The SMILES string of the molecule is CCc1ccc2[nH]c(=O)ncc2c1. The van der Waals surface area contributed by atoms with Crippen molar-refractivity contribution in [2.24, 2.45) is 0 Å². The van der Waals surface area contributed by atoms with Crippen LogP contribution in [0.5, 0.6) is 0 Å². The molecule has 0 amide bonds. The largest absolute Gasteiger partial charge is 0.345 e. The number of H-pyrrole nitrogens is 1. The average molecular weight is 174 g/mol. The zero-order valence-electron chi connectivity index (χ0n) is 7.37. The van der Waals surface area contributed by atoms with Crippen LogP contribution in [0.25, 0.3) is 10.9 Å². The third-order valence-corrected chi connectivity index (χ3v) is 2.09. The van der Waals surface area contributed by atoms with Crippen LogP contribution in [0.3, 0.4) is 0 Å². The third-order valence-electron chi connectivity index (χ3n) is 2.09. The Morgan fingerprint density at radius 1 is 1.46 bits per heavy atom. The van der Waals surface area contributed by atoms with Gasteiger partial charge in [0.05, 0.1) is 5.52 Å². The molecule has 0 bridgehead atoms. The molecule has 3 nitrogen and oxygen atoms in total. The Hall–Kier alpha value is -1.64. The van der Waals surface area contributed by atoms with Crippen LogP contribution in [-0.2, 0) is 6.42 Å². The predicted octanol–water partition coefficient (Wildman–Crippen LogP) is 1.49. The van der Waals surface area contributed by atoms with Gasteiger partial charge >= 0.3 is 5.69 Å². The van der Waals surface area contributed by atoms with Gasteiger partial charge in [-0.15, -0.1) is 0 Å². The summed E-state index contributed by atoms with van der Waals surface area (Å²) in [6.07, 6.45) is 2.60. The van der Waals surface area contributed by atoms with Crippen LogP contribution in [0, 0.1) is 0 Å². The quantitative estimate of drug-likeness (QED) is 0.711. The Balaban J connectivity index is 2.73. The monoisotopic (exact) mass is 174 g/mol. The van der Waals surface area contributed by atoms with E-state index < -0.39 is 0 Å². The summed E-state index contributed by atoms with van der Waals surface area (Å²) >= 11 is 0. The Kier molecular flexibility index (Phi) is 1.85. The van der Waals surface area contributed by atoms with Crippen LogP contribution in [0.15, 0.2) is 29.2 Å². The van der Waals surface area contributed by atoms with Crippen LogP contribution in [0.4, 0.5) is 0 Å². The van der Waals surface area contributed by atoms with Gasteiger partial charge in [-0.25, -0.2) is 9.78 Å². The van der Waals surface area contributed by atoms with Crippen molar-refractivity contribution in [3.63, 3.8) is 0 Å². The molecule has 0 saturated carbocycles. The van der Waals surface area contributed by atoms with Gasteiger partial charge in [-0.1, -0.05) is 13.0 Å². The number of hydrogen-bond acceptors (Lipinski definition) is 2. The Morgan fingerprint density at radius 2 is 2.31 bits per heavy atom. The second kappa shape index (κ2) is 3.01. The first-order chi connectivity index (χ1) is 6.29. The molecule has 1 N–H and O–H groups in total. The van der Waals surface area contributed by atoms with Crippen LogP contribution >= 0.6 is 0 Å². The van der Waals surface area contributed by atoms with Gasteiger partial charge in [0.15, 0.2) is 0 Å². The van der Waals surface area contributed by atoms with Crippen molar-refractivity contribution < 1.29 is 0 Å². The number of rotatable bonds is 1. The average Bonchev–Trinajstić information content (AvgIpc) is 2.17. The summed E-state index contributed by atoms with van der Waals surface area (Å²) in [4.78, 5) is 17.2. The summed E-state index contributed by atoms with van der Waals surface area (Å²) in [5.41, 5.74) is 1.80. The van der Waals surface area contributed by atoms with Gasteiger partial charge in [0.1, 0.15) is 0 Å². The highest BCUT2D eigenvalue weighted by atomic mass is 16.1. The van der Waals surface area contributed by atoms with Crippen LogP contribution < -0.4 is 5.69 Å². The standard InChI is InChI=1S/C10H10N2O/c1-2-7-3-4-9-8(5-7)6-11-10(13)12-9/h3-6H,2H2,1H3,(H,11,12,13). The summed E-state index contributed by atoms with van der Waals surface area (Å²) in [6, 6.07) is 5.97. The molecule has 2 rings (SSSR count). The minimum absolute atomic E-state index is 0.295. The van der Waals surface area contributed by atoms with Crippen molar-refractivity contribution in [3.8, 4) is 0 Å². The van der Waals surface area contributed by atoms with Gasteiger partial charge < -0.3 is 4.98 Å². The maximum Gasteiger partial charge on any atom is 0.345 e. The lowest BCUT2D eigenvalue weighted by molar-refractivity contribution is 1.11. The normalized spacial score (nSPS) is 10.5. The number of nitrogens with zero attached hydrogens (tertiary/aromatic N) is 1. The fourth-order valence-electron chi connectivity index (χ4n) is 1.33. The molecule has 13 heavy (non-hydrogen) atoms. The van der Waals surface area contributed by atoms with Crippen molar-refractivity contribution in [1.82, 2.24) is 9.97 Å². The lowest BCUT2D eigenvalue weighted by atomic mass is 10.1. The third kappa shape index (κ3) is 1.45. The van der Waals surface area contributed by atoms with E-state index in [4.69, 9.17) is 0 Å². The van der Waals surface area contributed by atoms with Crippen molar-refractivity contribution in [2.75, 3.05) is 0 Å². The molecular weight excluding hydrogens is 164 g/mol. The summed E-state index contributed by atoms with van der Waals surface area (Å²) in [7, 11) is 0. The highest BCUT2D eigenvalue weighted by Crippen LogP contribution is 2.11. The van der Waals surface area contributed by atoms with E-state index in [1.165, 1.54) is 5.56 Å². The number of hydrogen-bond donors (Lipinski definition) is 1. The van der Waals surface area contributed by atoms with E-state index in [1.807, 2.05) is 18.2 Å². The molecular formula is C10H10N2O. The molecule has 1 aromatic heterocycles. The first kappa shape index (κ1) is 7.98. The van der Waals surface area contributed by atoms with Crippen molar-refractivity contribution >= 4 is 10.9 Å². The topological polar surface area (TPSA) is 45.8 Å². The summed E-state index contributed by atoms with van der Waals surface area (Å²) in [5.74, 6) is 0. The molecule has 2 aromatic rings. The van der Waals surface area contributed by atoms with Gasteiger partial charge in [0.2, 0.25) is 0 Å². The lowest BCUT2D eigenvalue weighted by Crippen LogP contribution is -2.08. The number of benzene rings is 1. The van der Waals surface area contributed by atoms with Crippen LogP contribution in [-0.4, -0.2) is 9.97 Å². The van der Waals surface area contributed by atoms with Crippen molar-refractivity contribution in [2.45, 2.75) is 13.3 Å². The molecule has 0 aliphatic heterocycles. The van der Waals surface area contributed by atoms with E-state index in [1.54, 1.807) is 6.20 Å².